The second kappa shape index (κ2) is 7.37. The number of nitrogens with zero attached hydrogens (tertiary/aromatic N) is 3. The Morgan fingerprint density at radius 3 is 2.82 bits per heavy atom. The predicted octanol–water partition coefficient (Wildman–Crippen LogP) is 1.56. The monoisotopic (exact) mass is 324 g/mol. The first kappa shape index (κ1) is 16.4. The van der Waals surface area contributed by atoms with Gasteiger partial charge in [0, 0.05) is 6.42 Å². The lowest BCUT2D eigenvalue weighted by atomic mass is 10.3. The molecule has 118 valence electrons. The third-order valence-electron chi connectivity index (χ3n) is 2.98. The number of rotatable bonds is 6. The maximum atomic E-state index is 14.1. The molecule has 1 aromatic carbocycles. The van der Waals surface area contributed by atoms with Crippen molar-refractivity contribution in [2.75, 3.05) is 13.7 Å². The number of carbonyl (C=O) groups is 1. The molecule has 2 rings (SSSR count). The summed E-state index contributed by atoms with van der Waals surface area (Å²) >= 11 is 1.16. The van der Waals surface area contributed by atoms with Crippen LogP contribution >= 0.6 is 11.8 Å². The molecule has 1 unspecified atom stereocenters. The van der Waals surface area contributed by atoms with Gasteiger partial charge in [-0.25, -0.2) is 4.39 Å². The lowest BCUT2D eigenvalue weighted by Gasteiger charge is -2.12. The molecule has 6 nitrogen and oxygen atoms in total. The van der Waals surface area contributed by atoms with E-state index >= 15 is 0 Å². The van der Waals surface area contributed by atoms with Gasteiger partial charge >= 0.3 is 5.97 Å². The molecule has 0 bridgehead atoms. The van der Waals surface area contributed by atoms with E-state index in [4.69, 9.17) is 10.5 Å². The molecule has 8 heteroatoms. The fourth-order valence-corrected chi connectivity index (χ4v) is 2.82. The zero-order valence-electron chi connectivity index (χ0n) is 12.3. The number of carbonyl (C=O) groups excluding carboxylic acids is 1. The maximum Gasteiger partial charge on any atom is 0.318 e. The van der Waals surface area contributed by atoms with Crippen LogP contribution in [-0.2, 0) is 16.0 Å². The Morgan fingerprint density at radius 2 is 2.18 bits per heavy atom. The van der Waals surface area contributed by atoms with Crippen LogP contribution in [0.3, 0.4) is 0 Å². The lowest BCUT2D eigenvalue weighted by Crippen LogP contribution is -2.16. The molecular formula is C14H17FN4O2S. The molecule has 1 aromatic heterocycles. The first-order chi connectivity index (χ1) is 10.6. The number of ether oxygens (including phenoxy) is 1. The average Bonchev–Trinajstić information content (AvgIpc) is 2.90. The number of methoxy groups -OCH3 is 1. The van der Waals surface area contributed by atoms with Gasteiger partial charge in [-0.15, -0.1) is 10.2 Å². The zero-order chi connectivity index (χ0) is 16.1. The second-order valence-corrected chi connectivity index (χ2v) is 5.82. The minimum absolute atomic E-state index is 0.329. The number of hydrogen-bond donors (Lipinski definition) is 1. The first-order valence-electron chi connectivity index (χ1n) is 6.72. The van der Waals surface area contributed by atoms with E-state index < -0.39 is 11.1 Å². The van der Waals surface area contributed by atoms with Gasteiger partial charge in [-0.05, 0) is 25.6 Å². The predicted molar refractivity (Wildman–Crippen MR) is 81.4 cm³/mol. The SMILES string of the molecule is COC(=O)C(C)Sc1nnc(CCN)n1-c1ccccc1F. The molecule has 2 aromatic rings. The fourth-order valence-electron chi connectivity index (χ4n) is 1.91. The van der Waals surface area contributed by atoms with E-state index in [2.05, 4.69) is 10.2 Å². The summed E-state index contributed by atoms with van der Waals surface area (Å²) in [5, 5.41) is 8.05. The standard InChI is InChI=1S/C14H17FN4O2S/c1-9(13(20)21-2)22-14-18-17-12(7-8-16)19(14)11-6-4-3-5-10(11)15/h3-6,9H,7-8,16H2,1-2H3. The van der Waals surface area contributed by atoms with Crippen molar-refractivity contribution in [2.24, 2.45) is 5.73 Å². The Balaban J connectivity index is 2.43. The molecule has 0 radical (unpaired) electrons. The molecule has 1 heterocycles. The highest BCUT2D eigenvalue weighted by Crippen LogP contribution is 2.27. The first-order valence-corrected chi connectivity index (χ1v) is 7.60. The molecule has 1 atom stereocenters. The average molecular weight is 324 g/mol. The van der Waals surface area contributed by atoms with Crippen LogP contribution in [0.2, 0.25) is 0 Å². The van der Waals surface area contributed by atoms with Crippen LogP contribution in [0.15, 0.2) is 29.4 Å². The molecule has 0 amide bonds. The second-order valence-electron chi connectivity index (χ2n) is 4.51. The summed E-state index contributed by atoms with van der Waals surface area (Å²) in [5.74, 6) is -0.228. The van der Waals surface area contributed by atoms with Crippen LogP contribution in [0.5, 0.6) is 0 Å². The van der Waals surface area contributed by atoms with Crippen LogP contribution in [0.25, 0.3) is 5.69 Å². The topological polar surface area (TPSA) is 83.0 Å². The van der Waals surface area contributed by atoms with Crippen molar-refractivity contribution in [3.63, 3.8) is 0 Å². The molecule has 0 aliphatic heterocycles. The Hall–Kier alpha value is -1.93. The van der Waals surface area contributed by atoms with Crippen molar-refractivity contribution >= 4 is 17.7 Å². The largest absolute Gasteiger partial charge is 0.468 e. The Bertz CT molecular complexity index is 662. The van der Waals surface area contributed by atoms with Gasteiger partial charge in [-0.3, -0.25) is 9.36 Å². The van der Waals surface area contributed by atoms with Crippen molar-refractivity contribution in [1.29, 1.82) is 0 Å². The van der Waals surface area contributed by atoms with Gasteiger partial charge in [0.15, 0.2) is 5.16 Å². The van der Waals surface area contributed by atoms with E-state index in [1.807, 2.05) is 0 Å². The highest BCUT2D eigenvalue weighted by molar-refractivity contribution is 8.00. The Kier molecular flexibility index (Phi) is 5.51. The minimum Gasteiger partial charge on any atom is -0.468 e. The molecule has 0 aliphatic carbocycles. The van der Waals surface area contributed by atoms with Gasteiger partial charge in [-0.2, -0.15) is 0 Å². The molecule has 0 aliphatic rings. The third kappa shape index (κ3) is 3.45. The molecule has 2 N–H and O–H groups in total. The summed E-state index contributed by atoms with van der Waals surface area (Å²) in [6, 6.07) is 6.32. The van der Waals surface area contributed by atoms with E-state index in [-0.39, 0.29) is 5.97 Å². The summed E-state index contributed by atoms with van der Waals surface area (Å²) < 4.78 is 20.4. The van der Waals surface area contributed by atoms with Crippen molar-refractivity contribution in [3.05, 3.63) is 35.9 Å². The van der Waals surface area contributed by atoms with Crippen LogP contribution in [0, 0.1) is 5.82 Å². The highest BCUT2D eigenvalue weighted by atomic mass is 32.2. The Morgan fingerprint density at radius 1 is 1.45 bits per heavy atom. The summed E-state index contributed by atoms with van der Waals surface area (Å²) in [7, 11) is 1.32. The molecule has 0 saturated carbocycles. The van der Waals surface area contributed by atoms with Crippen LogP contribution < -0.4 is 5.73 Å². The molecule has 0 spiro atoms. The van der Waals surface area contributed by atoms with Gasteiger partial charge in [0.1, 0.15) is 16.9 Å². The number of aromatic nitrogens is 3. The van der Waals surface area contributed by atoms with Crippen LogP contribution in [-0.4, -0.2) is 39.6 Å². The minimum atomic E-state index is -0.481. The van der Waals surface area contributed by atoms with Crippen molar-refractivity contribution in [2.45, 2.75) is 23.8 Å². The summed E-state index contributed by atoms with van der Waals surface area (Å²) in [5.41, 5.74) is 5.90. The number of thioether (sulfide) groups is 1. The lowest BCUT2D eigenvalue weighted by molar-refractivity contribution is -0.139. The third-order valence-corrected chi connectivity index (χ3v) is 4.00. The number of para-hydroxylation sites is 1. The molecular weight excluding hydrogens is 307 g/mol. The van der Waals surface area contributed by atoms with E-state index in [1.54, 1.807) is 29.7 Å². The van der Waals surface area contributed by atoms with E-state index in [9.17, 15) is 9.18 Å². The highest BCUT2D eigenvalue weighted by Gasteiger charge is 2.22. The van der Waals surface area contributed by atoms with Crippen molar-refractivity contribution in [1.82, 2.24) is 14.8 Å². The number of esters is 1. The van der Waals surface area contributed by atoms with Crippen LogP contribution in [0.4, 0.5) is 4.39 Å². The van der Waals surface area contributed by atoms with Gasteiger partial charge in [0.2, 0.25) is 0 Å². The van der Waals surface area contributed by atoms with E-state index in [0.29, 0.717) is 29.6 Å². The molecule has 0 saturated heterocycles. The fraction of sp³-hybridized carbons (Fsp3) is 0.357. The smallest absolute Gasteiger partial charge is 0.318 e. The molecule has 0 fully saturated rings. The van der Waals surface area contributed by atoms with Gasteiger partial charge < -0.3 is 10.5 Å². The van der Waals surface area contributed by atoms with Gasteiger partial charge in [-0.1, -0.05) is 23.9 Å². The number of benzene rings is 1. The van der Waals surface area contributed by atoms with E-state index in [1.165, 1.54) is 13.2 Å². The van der Waals surface area contributed by atoms with Gasteiger partial charge in [0.05, 0.1) is 12.8 Å². The maximum absolute atomic E-state index is 14.1. The van der Waals surface area contributed by atoms with Crippen molar-refractivity contribution in [3.8, 4) is 5.69 Å². The Labute approximate surface area is 131 Å². The molecule has 22 heavy (non-hydrogen) atoms. The number of nitrogens with two attached hydrogens (primary N) is 1. The van der Waals surface area contributed by atoms with Crippen LogP contribution in [0.1, 0.15) is 12.7 Å². The van der Waals surface area contributed by atoms with Crippen molar-refractivity contribution < 1.29 is 13.9 Å². The zero-order valence-corrected chi connectivity index (χ0v) is 13.1. The quantitative estimate of drug-likeness (QED) is 0.641. The van der Waals surface area contributed by atoms with E-state index in [0.717, 1.165) is 11.8 Å². The van der Waals surface area contributed by atoms with Gasteiger partial charge in [0.25, 0.3) is 0 Å². The summed E-state index contributed by atoms with van der Waals surface area (Å²) in [6.07, 6.45) is 0.453. The normalized spacial score (nSPS) is 12.2. The summed E-state index contributed by atoms with van der Waals surface area (Å²) in [6.45, 7) is 2.06. The summed E-state index contributed by atoms with van der Waals surface area (Å²) in [4.78, 5) is 11.6. The number of halogens is 1. The number of hydrogen-bond acceptors (Lipinski definition) is 6.